The zero-order valence-corrected chi connectivity index (χ0v) is 17.0. The van der Waals surface area contributed by atoms with Crippen molar-refractivity contribution in [1.29, 1.82) is 0 Å². The molecule has 0 aliphatic carbocycles. The fourth-order valence-corrected chi connectivity index (χ4v) is 3.60. The summed E-state index contributed by atoms with van der Waals surface area (Å²) >= 11 is 0. The van der Waals surface area contributed by atoms with Crippen LogP contribution in [0.25, 0.3) is 0 Å². The van der Waals surface area contributed by atoms with Crippen molar-refractivity contribution < 1.29 is 18.9 Å². The molecule has 1 heterocycles. The Bertz CT molecular complexity index is 848. The van der Waals surface area contributed by atoms with Gasteiger partial charge in [0.05, 0.1) is 12.7 Å². The summed E-state index contributed by atoms with van der Waals surface area (Å²) in [5, 5.41) is 2.60. The van der Waals surface area contributed by atoms with E-state index in [-0.39, 0.29) is 17.6 Å². The van der Waals surface area contributed by atoms with Crippen LogP contribution in [0.3, 0.4) is 0 Å². The van der Waals surface area contributed by atoms with Crippen LogP contribution in [-0.2, 0) is 11.3 Å². The van der Waals surface area contributed by atoms with Gasteiger partial charge < -0.3 is 20.0 Å². The normalized spacial score (nSPS) is 15.1. The van der Waals surface area contributed by atoms with Gasteiger partial charge in [-0.3, -0.25) is 9.59 Å². The molecular weight excluding hydrogens is 371 g/mol. The van der Waals surface area contributed by atoms with Gasteiger partial charge >= 0.3 is 0 Å². The van der Waals surface area contributed by atoms with E-state index in [0.717, 1.165) is 10.5 Å². The summed E-state index contributed by atoms with van der Waals surface area (Å²) in [5.41, 5.74) is 2.30. The van der Waals surface area contributed by atoms with Crippen LogP contribution in [0.5, 0.6) is 0 Å². The second-order valence-electron chi connectivity index (χ2n) is 7.41. The number of benzene rings is 2. The molecule has 1 atom stereocenters. The highest BCUT2D eigenvalue weighted by atomic mass is 19.1. The van der Waals surface area contributed by atoms with Crippen molar-refractivity contribution in [3.63, 3.8) is 0 Å². The van der Waals surface area contributed by atoms with E-state index in [1.807, 2.05) is 35.0 Å². The second-order valence-corrected chi connectivity index (χ2v) is 7.41. The molecule has 1 fully saturated rings. The van der Waals surface area contributed by atoms with E-state index in [9.17, 15) is 14.0 Å². The fraction of sp³-hybridized carbons (Fsp3) is 0.364. The van der Waals surface area contributed by atoms with Crippen molar-refractivity contribution in [1.82, 2.24) is 10.2 Å². The maximum absolute atomic E-state index is 14.0. The minimum absolute atomic E-state index is 0.109. The molecular formula is C22H28FN4O2+. The molecule has 2 amide bonds. The SMILES string of the molecule is CNC(=O)c1ccc(C[NH+](C)CC(=O)N2CCN(c3ccccc3F)CC2)cc1. The van der Waals surface area contributed by atoms with E-state index in [1.54, 1.807) is 31.3 Å². The van der Waals surface area contributed by atoms with Crippen LogP contribution < -0.4 is 15.1 Å². The summed E-state index contributed by atoms with van der Waals surface area (Å²) in [6.45, 7) is 3.56. The molecule has 7 heteroatoms. The van der Waals surface area contributed by atoms with Crippen LogP contribution in [0.15, 0.2) is 48.5 Å². The molecule has 29 heavy (non-hydrogen) atoms. The number of anilines is 1. The number of halogens is 1. The smallest absolute Gasteiger partial charge is 0.277 e. The predicted octanol–water partition coefficient (Wildman–Crippen LogP) is 0.549. The summed E-state index contributed by atoms with van der Waals surface area (Å²) in [5.74, 6) is -0.224. The molecule has 1 saturated heterocycles. The van der Waals surface area contributed by atoms with E-state index in [4.69, 9.17) is 0 Å². The van der Waals surface area contributed by atoms with E-state index in [0.29, 0.717) is 50.5 Å². The lowest BCUT2D eigenvalue weighted by Crippen LogP contribution is -3.09. The molecule has 154 valence electrons. The molecule has 6 nitrogen and oxygen atoms in total. The first-order valence-corrected chi connectivity index (χ1v) is 9.87. The van der Waals surface area contributed by atoms with Crippen molar-refractivity contribution in [3.8, 4) is 0 Å². The lowest BCUT2D eigenvalue weighted by molar-refractivity contribution is -0.885. The number of para-hydroxylation sites is 1. The Morgan fingerprint density at radius 1 is 1.03 bits per heavy atom. The van der Waals surface area contributed by atoms with Crippen LogP contribution in [0.4, 0.5) is 10.1 Å². The molecule has 0 bridgehead atoms. The molecule has 2 aromatic carbocycles. The molecule has 1 unspecified atom stereocenters. The topological polar surface area (TPSA) is 57.1 Å². The first-order valence-electron chi connectivity index (χ1n) is 9.87. The highest BCUT2D eigenvalue weighted by molar-refractivity contribution is 5.93. The molecule has 1 aliphatic rings. The third kappa shape index (κ3) is 5.32. The maximum atomic E-state index is 14.0. The number of hydrogen-bond acceptors (Lipinski definition) is 3. The van der Waals surface area contributed by atoms with E-state index in [1.165, 1.54) is 6.07 Å². The third-order valence-electron chi connectivity index (χ3n) is 5.23. The number of rotatable bonds is 6. The molecule has 2 aromatic rings. The van der Waals surface area contributed by atoms with Gasteiger partial charge in [-0.15, -0.1) is 0 Å². The Morgan fingerprint density at radius 2 is 1.69 bits per heavy atom. The van der Waals surface area contributed by atoms with Crippen LogP contribution in [0, 0.1) is 5.82 Å². The van der Waals surface area contributed by atoms with Gasteiger partial charge in [0, 0.05) is 44.4 Å². The molecule has 0 spiro atoms. The van der Waals surface area contributed by atoms with Crippen LogP contribution in [0.2, 0.25) is 0 Å². The number of nitrogens with one attached hydrogen (secondary N) is 2. The van der Waals surface area contributed by atoms with E-state index >= 15 is 0 Å². The fourth-order valence-electron chi connectivity index (χ4n) is 3.60. The molecule has 2 N–H and O–H groups in total. The standard InChI is InChI=1S/C22H27FN4O2/c1-24-22(29)18-9-7-17(8-10-18)15-25(2)16-21(28)27-13-11-26(12-14-27)20-6-4-3-5-19(20)23/h3-10H,11-16H2,1-2H3,(H,24,29)/p+1. The Kier molecular flexibility index (Phi) is 6.82. The lowest BCUT2D eigenvalue weighted by Gasteiger charge is -2.36. The highest BCUT2D eigenvalue weighted by Crippen LogP contribution is 2.20. The van der Waals surface area contributed by atoms with Gasteiger partial charge in [-0.05, 0) is 24.3 Å². The van der Waals surface area contributed by atoms with Crippen LogP contribution >= 0.6 is 0 Å². The Balaban J connectivity index is 1.48. The molecule has 3 rings (SSSR count). The summed E-state index contributed by atoms with van der Waals surface area (Å²) in [6, 6.07) is 14.2. The van der Waals surface area contributed by atoms with E-state index < -0.39 is 0 Å². The van der Waals surface area contributed by atoms with Crippen molar-refractivity contribution in [2.45, 2.75) is 6.54 Å². The van der Waals surface area contributed by atoms with Gasteiger partial charge in [-0.1, -0.05) is 24.3 Å². The van der Waals surface area contributed by atoms with Gasteiger partial charge in [0.15, 0.2) is 6.54 Å². The van der Waals surface area contributed by atoms with E-state index in [2.05, 4.69) is 5.32 Å². The van der Waals surface area contributed by atoms with Crippen LogP contribution in [-0.4, -0.2) is 63.5 Å². The Morgan fingerprint density at radius 3 is 2.31 bits per heavy atom. The summed E-state index contributed by atoms with van der Waals surface area (Å²) < 4.78 is 14.0. The molecule has 1 aliphatic heterocycles. The van der Waals surface area contributed by atoms with Crippen molar-refractivity contribution >= 4 is 17.5 Å². The number of carbonyl (C=O) groups excluding carboxylic acids is 2. The highest BCUT2D eigenvalue weighted by Gasteiger charge is 2.24. The number of hydrogen-bond donors (Lipinski definition) is 2. The monoisotopic (exact) mass is 399 g/mol. The molecule has 0 saturated carbocycles. The summed E-state index contributed by atoms with van der Waals surface area (Å²) in [6.07, 6.45) is 0. The average molecular weight is 399 g/mol. The second kappa shape index (κ2) is 9.52. The lowest BCUT2D eigenvalue weighted by atomic mass is 10.1. The molecule has 0 radical (unpaired) electrons. The summed E-state index contributed by atoms with van der Waals surface area (Å²) in [7, 11) is 3.59. The molecule has 0 aromatic heterocycles. The summed E-state index contributed by atoms with van der Waals surface area (Å²) in [4.78, 5) is 29.2. The number of quaternary nitrogens is 1. The quantitative estimate of drug-likeness (QED) is 0.746. The number of piperazine rings is 1. The van der Waals surface area contributed by atoms with Crippen molar-refractivity contribution in [2.75, 3.05) is 51.7 Å². The number of nitrogens with zero attached hydrogens (tertiary/aromatic N) is 2. The predicted molar refractivity (Wildman–Crippen MR) is 110 cm³/mol. The minimum atomic E-state index is -0.223. The average Bonchev–Trinajstić information content (AvgIpc) is 2.74. The number of amides is 2. The third-order valence-corrected chi connectivity index (χ3v) is 5.23. The largest absolute Gasteiger partial charge is 0.366 e. The number of carbonyl (C=O) groups is 2. The van der Waals surface area contributed by atoms with Gasteiger partial charge in [0.1, 0.15) is 12.4 Å². The van der Waals surface area contributed by atoms with Crippen LogP contribution in [0.1, 0.15) is 15.9 Å². The van der Waals surface area contributed by atoms with Crippen molar-refractivity contribution in [2.24, 2.45) is 0 Å². The maximum Gasteiger partial charge on any atom is 0.277 e. The number of likely N-dealkylation sites (N-methyl/N-ethyl adjacent to an activating group) is 1. The Hall–Kier alpha value is -2.93. The van der Waals surface area contributed by atoms with Gasteiger partial charge in [-0.2, -0.15) is 0 Å². The minimum Gasteiger partial charge on any atom is -0.366 e. The first-order chi connectivity index (χ1) is 14.0. The van der Waals surface area contributed by atoms with Crippen molar-refractivity contribution in [3.05, 3.63) is 65.5 Å². The zero-order chi connectivity index (χ0) is 20.8. The van der Waals surface area contributed by atoms with Gasteiger partial charge in [-0.25, -0.2) is 4.39 Å². The first kappa shape index (κ1) is 20.8. The van der Waals surface area contributed by atoms with Gasteiger partial charge in [0.2, 0.25) is 0 Å². The zero-order valence-electron chi connectivity index (χ0n) is 17.0. The Labute approximate surface area is 170 Å². The van der Waals surface area contributed by atoms with Gasteiger partial charge in [0.25, 0.3) is 11.8 Å².